The van der Waals surface area contributed by atoms with Crippen LogP contribution in [0.15, 0.2) is 42.5 Å². The van der Waals surface area contributed by atoms with Gasteiger partial charge in [0.05, 0.1) is 12.9 Å². The monoisotopic (exact) mass is 480 g/mol. The Morgan fingerprint density at radius 1 is 1.19 bits per heavy atom. The van der Waals surface area contributed by atoms with E-state index in [0.717, 1.165) is 12.0 Å². The number of halogens is 2. The maximum absolute atomic E-state index is 14.0. The zero-order valence-electron chi connectivity index (χ0n) is 18.9. The van der Waals surface area contributed by atoms with E-state index in [1.54, 1.807) is 31.1 Å². The second-order valence-corrected chi connectivity index (χ2v) is 8.95. The molecule has 0 fully saturated rings. The predicted molar refractivity (Wildman–Crippen MR) is 128 cm³/mol. The van der Waals surface area contributed by atoms with Crippen molar-refractivity contribution in [2.45, 2.75) is 51.6 Å². The first-order valence-corrected chi connectivity index (χ1v) is 12.0. The van der Waals surface area contributed by atoms with Crippen LogP contribution in [0, 0.1) is 5.82 Å². The Balaban J connectivity index is 2.12. The standard InChI is InChI=1S/C24H30ClFN2O3S/c1-5-16(2)27-24(30)17(3)28(13-18-9-11-19(31-4)12-10-18)23(29)15-32-14-20-21(25)7-6-8-22(20)26/h6-12,16-17H,5,13-15H2,1-4H3,(H,27,30)/t16-,17-/m0/s1. The highest BCUT2D eigenvalue weighted by Gasteiger charge is 2.26. The third-order valence-corrected chi connectivity index (χ3v) is 6.51. The minimum atomic E-state index is -0.656. The van der Waals surface area contributed by atoms with Gasteiger partial charge in [-0.1, -0.05) is 36.7 Å². The highest BCUT2D eigenvalue weighted by atomic mass is 35.5. The molecule has 0 aromatic heterocycles. The normalized spacial score (nSPS) is 12.7. The lowest BCUT2D eigenvalue weighted by atomic mass is 10.1. The van der Waals surface area contributed by atoms with E-state index < -0.39 is 11.9 Å². The van der Waals surface area contributed by atoms with Crippen LogP contribution in [0.2, 0.25) is 5.02 Å². The fourth-order valence-electron chi connectivity index (χ4n) is 2.97. The lowest BCUT2D eigenvalue weighted by Gasteiger charge is -2.29. The Morgan fingerprint density at radius 2 is 1.88 bits per heavy atom. The number of carbonyl (C=O) groups excluding carboxylic acids is 2. The van der Waals surface area contributed by atoms with E-state index in [-0.39, 0.29) is 35.9 Å². The largest absolute Gasteiger partial charge is 0.497 e. The summed E-state index contributed by atoms with van der Waals surface area (Å²) in [6, 6.07) is 11.2. The van der Waals surface area contributed by atoms with E-state index >= 15 is 0 Å². The van der Waals surface area contributed by atoms with Gasteiger partial charge in [-0.05, 0) is 50.1 Å². The molecule has 0 aliphatic rings. The SMILES string of the molecule is CC[C@H](C)NC(=O)[C@H](C)N(Cc1ccc(OC)cc1)C(=O)CSCc1c(F)cccc1Cl. The highest BCUT2D eigenvalue weighted by Crippen LogP contribution is 2.24. The maximum Gasteiger partial charge on any atom is 0.242 e. The molecule has 0 aliphatic carbocycles. The summed E-state index contributed by atoms with van der Waals surface area (Å²) in [6.45, 7) is 5.91. The molecule has 2 amide bonds. The molecule has 0 saturated carbocycles. The van der Waals surface area contributed by atoms with Crippen LogP contribution < -0.4 is 10.1 Å². The first-order valence-electron chi connectivity index (χ1n) is 10.5. The number of rotatable bonds is 11. The van der Waals surface area contributed by atoms with Crippen LogP contribution in [0.1, 0.15) is 38.3 Å². The number of methoxy groups -OCH3 is 1. The molecule has 174 valence electrons. The zero-order chi connectivity index (χ0) is 23.7. The van der Waals surface area contributed by atoms with Gasteiger partial charge in [0, 0.05) is 28.9 Å². The number of carbonyl (C=O) groups is 2. The molecular weight excluding hydrogens is 451 g/mol. The Kier molecular flexibility index (Phi) is 10.3. The minimum absolute atomic E-state index is 0.0143. The number of benzene rings is 2. The second kappa shape index (κ2) is 12.7. The number of nitrogens with zero attached hydrogens (tertiary/aromatic N) is 1. The van der Waals surface area contributed by atoms with Gasteiger partial charge in [0.2, 0.25) is 11.8 Å². The molecule has 32 heavy (non-hydrogen) atoms. The van der Waals surface area contributed by atoms with E-state index in [2.05, 4.69) is 5.32 Å². The quantitative estimate of drug-likeness (QED) is 0.488. The molecular formula is C24H30ClFN2O3S. The fourth-order valence-corrected chi connectivity index (χ4v) is 4.22. The maximum atomic E-state index is 14.0. The zero-order valence-corrected chi connectivity index (χ0v) is 20.4. The van der Waals surface area contributed by atoms with Crippen LogP contribution in [0.25, 0.3) is 0 Å². The Morgan fingerprint density at radius 3 is 2.47 bits per heavy atom. The predicted octanol–water partition coefficient (Wildman–Crippen LogP) is 5.05. The molecule has 2 aromatic carbocycles. The number of thioether (sulfide) groups is 1. The highest BCUT2D eigenvalue weighted by molar-refractivity contribution is 7.99. The summed E-state index contributed by atoms with van der Waals surface area (Å²) in [5.74, 6) is 0.275. The number of nitrogens with one attached hydrogen (secondary N) is 1. The third-order valence-electron chi connectivity index (χ3n) is 5.21. The van der Waals surface area contributed by atoms with Gasteiger partial charge in [-0.25, -0.2) is 4.39 Å². The summed E-state index contributed by atoms with van der Waals surface area (Å²) >= 11 is 7.35. The minimum Gasteiger partial charge on any atom is -0.497 e. The van der Waals surface area contributed by atoms with E-state index in [4.69, 9.17) is 16.3 Å². The molecule has 0 saturated heterocycles. The molecule has 8 heteroatoms. The van der Waals surface area contributed by atoms with E-state index in [1.165, 1.54) is 17.8 Å². The number of amides is 2. The molecule has 0 heterocycles. The van der Waals surface area contributed by atoms with Gasteiger partial charge in [0.1, 0.15) is 17.6 Å². The van der Waals surface area contributed by atoms with Crippen molar-refractivity contribution in [2.75, 3.05) is 12.9 Å². The van der Waals surface area contributed by atoms with Crippen LogP contribution in [0.5, 0.6) is 5.75 Å². The smallest absolute Gasteiger partial charge is 0.242 e. The number of ether oxygens (including phenoxy) is 1. The van der Waals surface area contributed by atoms with Crippen molar-refractivity contribution in [1.82, 2.24) is 10.2 Å². The summed E-state index contributed by atoms with van der Waals surface area (Å²) < 4.78 is 19.2. The number of hydrogen-bond acceptors (Lipinski definition) is 4. The second-order valence-electron chi connectivity index (χ2n) is 7.56. The summed E-state index contributed by atoms with van der Waals surface area (Å²) in [4.78, 5) is 27.4. The average Bonchev–Trinajstić information content (AvgIpc) is 2.79. The van der Waals surface area contributed by atoms with Crippen molar-refractivity contribution in [3.8, 4) is 5.75 Å². The molecule has 5 nitrogen and oxygen atoms in total. The molecule has 1 N–H and O–H groups in total. The van der Waals surface area contributed by atoms with Gasteiger partial charge in [0.25, 0.3) is 0 Å². The Labute approximate surface area is 198 Å². The molecule has 0 spiro atoms. The summed E-state index contributed by atoms with van der Waals surface area (Å²) in [7, 11) is 1.59. The van der Waals surface area contributed by atoms with Crippen molar-refractivity contribution < 1.29 is 18.7 Å². The average molecular weight is 481 g/mol. The topological polar surface area (TPSA) is 58.6 Å². The summed E-state index contributed by atoms with van der Waals surface area (Å²) in [5, 5.41) is 3.27. The van der Waals surface area contributed by atoms with E-state index in [9.17, 15) is 14.0 Å². The van der Waals surface area contributed by atoms with Gasteiger partial charge >= 0.3 is 0 Å². The van der Waals surface area contributed by atoms with Crippen molar-refractivity contribution in [3.05, 3.63) is 64.4 Å². The molecule has 0 aliphatic heterocycles. The van der Waals surface area contributed by atoms with Crippen LogP contribution in [0.3, 0.4) is 0 Å². The van der Waals surface area contributed by atoms with Gasteiger partial charge in [-0.15, -0.1) is 11.8 Å². The van der Waals surface area contributed by atoms with Gasteiger partial charge in [-0.2, -0.15) is 0 Å². The van der Waals surface area contributed by atoms with Crippen LogP contribution in [-0.2, 0) is 21.9 Å². The van der Waals surface area contributed by atoms with Crippen molar-refractivity contribution in [3.63, 3.8) is 0 Å². The third kappa shape index (κ3) is 7.41. The van der Waals surface area contributed by atoms with Gasteiger partial charge in [-0.3, -0.25) is 9.59 Å². The molecule has 2 rings (SSSR count). The molecule has 0 radical (unpaired) electrons. The van der Waals surface area contributed by atoms with Crippen LogP contribution in [-0.4, -0.2) is 41.7 Å². The van der Waals surface area contributed by atoms with Crippen molar-refractivity contribution in [1.29, 1.82) is 0 Å². The molecule has 0 bridgehead atoms. The number of hydrogen-bond donors (Lipinski definition) is 1. The Bertz CT molecular complexity index is 890. The van der Waals surface area contributed by atoms with E-state index in [0.29, 0.717) is 16.3 Å². The van der Waals surface area contributed by atoms with Gasteiger partial charge in [0.15, 0.2) is 0 Å². The lowest BCUT2D eigenvalue weighted by molar-refractivity contribution is -0.138. The lowest BCUT2D eigenvalue weighted by Crippen LogP contribution is -2.50. The van der Waals surface area contributed by atoms with Crippen molar-refractivity contribution in [2.24, 2.45) is 0 Å². The molecule has 2 aromatic rings. The summed E-state index contributed by atoms with van der Waals surface area (Å²) in [6.07, 6.45) is 0.796. The first-order chi connectivity index (χ1) is 15.3. The van der Waals surface area contributed by atoms with Crippen molar-refractivity contribution >= 4 is 35.2 Å². The fraction of sp³-hybridized carbons (Fsp3) is 0.417. The summed E-state index contributed by atoms with van der Waals surface area (Å²) in [5.41, 5.74) is 1.25. The van der Waals surface area contributed by atoms with E-state index in [1.807, 2.05) is 38.1 Å². The van der Waals surface area contributed by atoms with Crippen LogP contribution >= 0.6 is 23.4 Å². The Hall–Kier alpha value is -2.25. The first kappa shape index (κ1) is 26.0. The van der Waals surface area contributed by atoms with Crippen LogP contribution in [0.4, 0.5) is 4.39 Å². The molecule has 0 unspecified atom stereocenters. The van der Waals surface area contributed by atoms with Gasteiger partial charge < -0.3 is 15.0 Å². The molecule has 2 atom stereocenters.